The van der Waals surface area contributed by atoms with Crippen LogP contribution in [0.4, 0.5) is 0 Å². The summed E-state index contributed by atoms with van der Waals surface area (Å²) >= 11 is 1.72. The van der Waals surface area contributed by atoms with Gasteiger partial charge in [0.25, 0.3) is 0 Å². The Balaban J connectivity index is 1.74. The fraction of sp³-hybridized carbons (Fsp3) is 0.529. The number of rotatable bonds is 9. The second-order valence-corrected chi connectivity index (χ2v) is 6.69. The molecule has 0 aliphatic rings. The second kappa shape index (κ2) is 8.86. The van der Waals surface area contributed by atoms with E-state index < -0.39 is 0 Å². The van der Waals surface area contributed by atoms with E-state index in [-0.39, 0.29) is 11.9 Å². The quantitative estimate of drug-likeness (QED) is 0.745. The predicted octanol–water partition coefficient (Wildman–Crippen LogP) is 3.25. The van der Waals surface area contributed by atoms with Crippen LogP contribution in [0.5, 0.6) is 0 Å². The summed E-state index contributed by atoms with van der Waals surface area (Å²) in [5.74, 6) is 0.104. The number of nitrogens with one attached hydrogen (secondary N) is 1. The minimum Gasteiger partial charge on any atom is -0.352 e. The van der Waals surface area contributed by atoms with Crippen molar-refractivity contribution < 1.29 is 4.79 Å². The first-order chi connectivity index (χ1) is 10.7. The number of aromatic nitrogens is 1. The minimum atomic E-state index is 0.104. The molecule has 4 nitrogen and oxygen atoms in total. The van der Waals surface area contributed by atoms with Gasteiger partial charge in [0.2, 0.25) is 5.91 Å². The van der Waals surface area contributed by atoms with Gasteiger partial charge in [-0.15, -0.1) is 11.3 Å². The molecule has 0 saturated carbocycles. The number of nitrogens with two attached hydrogens (primary N) is 1. The number of hydrogen-bond donors (Lipinski definition) is 2. The molecule has 0 bridgehead atoms. The van der Waals surface area contributed by atoms with Gasteiger partial charge in [-0.25, -0.2) is 4.98 Å². The molecule has 1 heterocycles. The first-order valence-electron chi connectivity index (χ1n) is 8.06. The van der Waals surface area contributed by atoms with Crippen molar-refractivity contribution in [1.82, 2.24) is 10.3 Å². The van der Waals surface area contributed by atoms with Crippen molar-refractivity contribution in [2.24, 2.45) is 5.73 Å². The molecule has 0 saturated heterocycles. The van der Waals surface area contributed by atoms with Crippen molar-refractivity contribution in [3.8, 4) is 0 Å². The van der Waals surface area contributed by atoms with Gasteiger partial charge in [-0.05, 0) is 31.4 Å². The number of aryl methyl sites for hydroxylation is 1. The summed E-state index contributed by atoms with van der Waals surface area (Å²) in [5, 5.41) is 4.14. The van der Waals surface area contributed by atoms with Crippen LogP contribution < -0.4 is 11.1 Å². The van der Waals surface area contributed by atoms with Gasteiger partial charge in [-0.3, -0.25) is 4.79 Å². The summed E-state index contributed by atoms with van der Waals surface area (Å²) in [4.78, 5) is 16.5. The zero-order valence-corrected chi connectivity index (χ0v) is 14.0. The Hall–Kier alpha value is -1.46. The van der Waals surface area contributed by atoms with Gasteiger partial charge in [-0.1, -0.05) is 31.9 Å². The Bertz CT molecular complexity index is 563. The van der Waals surface area contributed by atoms with Crippen LogP contribution >= 0.6 is 11.3 Å². The first kappa shape index (κ1) is 16.9. The number of thiazole rings is 1. The lowest BCUT2D eigenvalue weighted by Gasteiger charge is -2.16. The lowest BCUT2D eigenvalue weighted by molar-refractivity contribution is -0.121. The minimum absolute atomic E-state index is 0.104. The summed E-state index contributed by atoms with van der Waals surface area (Å²) in [6.45, 7) is 2.66. The molecule has 0 aliphatic carbocycles. The van der Waals surface area contributed by atoms with Crippen LogP contribution in [0, 0.1) is 0 Å². The Labute approximate surface area is 136 Å². The molecule has 22 heavy (non-hydrogen) atoms. The third kappa shape index (κ3) is 5.07. The maximum Gasteiger partial charge on any atom is 0.220 e. The van der Waals surface area contributed by atoms with E-state index in [1.54, 1.807) is 11.3 Å². The van der Waals surface area contributed by atoms with E-state index in [0.717, 1.165) is 42.6 Å². The number of amides is 1. The molecule has 1 amide bonds. The smallest absolute Gasteiger partial charge is 0.220 e. The number of benzene rings is 1. The number of carbonyl (C=O) groups is 1. The molecule has 0 radical (unpaired) electrons. The molecule has 2 aromatic rings. The summed E-state index contributed by atoms with van der Waals surface area (Å²) in [5.41, 5.74) is 6.75. The van der Waals surface area contributed by atoms with Crippen LogP contribution in [0.2, 0.25) is 0 Å². The normalized spacial score (nSPS) is 12.5. The molecule has 0 spiro atoms. The Morgan fingerprint density at radius 1 is 1.36 bits per heavy atom. The van der Waals surface area contributed by atoms with E-state index in [2.05, 4.69) is 23.3 Å². The summed E-state index contributed by atoms with van der Waals surface area (Å²) < 4.78 is 1.21. The average molecular weight is 319 g/mol. The Morgan fingerprint density at radius 2 is 2.18 bits per heavy atom. The van der Waals surface area contributed by atoms with Crippen molar-refractivity contribution >= 4 is 27.5 Å². The van der Waals surface area contributed by atoms with Crippen molar-refractivity contribution in [3.05, 3.63) is 29.3 Å². The van der Waals surface area contributed by atoms with Gasteiger partial charge in [0.1, 0.15) is 0 Å². The molecule has 1 atom stereocenters. The van der Waals surface area contributed by atoms with Crippen LogP contribution in [0.1, 0.15) is 44.0 Å². The van der Waals surface area contributed by atoms with Crippen LogP contribution in [-0.2, 0) is 11.2 Å². The molecular formula is C17H25N3OS. The monoisotopic (exact) mass is 319 g/mol. The van der Waals surface area contributed by atoms with Crippen LogP contribution in [0.25, 0.3) is 10.2 Å². The number of carbonyl (C=O) groups excluding carboxylic acids is 1. The van der Waals surface area contributed by atoms with Crippen LogP contribution in [0.3, 0.4) is 0 Å². The van der Waals surface area contributed by atoms with Crippen molar-refractivity contribution in [1.29, 1.82) is 0 Å². The van der Waals surface area contributed by atoms with Gasteiger partial charge in [0.05, 0.1) is 15.2 Å². The molecule has 1 unspecified atom stereocenters. The van der Waals surface area contributed by atoms with Gasteiger partial charge in [0.15, 0.2) is 0 Å². The fourth-order valence-corrected chi connectivity index (χ4v) is 3.44. The van der Waals surface area contributed by atoms with Gasteiger partial charge in [0, 0.05) is 19.0 Å². The number of para-hydroxylation sites is 1. The van der Waals surface area contributed by atoms with E-state index in [0.29, 0.717) is 13.0 Å². The van der Waals surface area contributed by atoms with Crippen molar-refractivity contribution in [3.63, 3.8) is 0 Å². The van der Waals surface area contributed by atoms with Gasteiger partial charge < -0.3 is 11.1 Å². The molecular weight excluding hydrogens is 294 g/mol. The Kier molecular flexibility index (Phi) is 6.80. The van der Waals surface area contributed by atoms with E-state index in [4.69, 9.17) is 5.73 Å². The highest BCUT2D eigenvalue weighted by atomic mass is 32.1. The molecule has 0 fully saturated rings. The topological polar surface area (TPSA) is 68.0 Å². The fourth-order valence-electron chi connectivity index (χ4n) is 2.43. The van der Waals surface area contributed by atoms with Gasteiger partial charge >= 0.3 is 0 Å². The second-order valence-electron chi connectivity index (χ2n) is 5.57. The van der Waals surface area contributed by atoms with E-state index in [1.807, 2.05) is 18.2 Å². The molecule has 120 valence electrons. The Morgan fingerprint density at radius 3 is 2.91 bits per heavy atom. The number of hydrogen-bond acceptors (Lipinski definition) is 4. The van der Waals surface area contributed by atoms with Crippen LogP contribution in [0.15, 0.2) is 24.3 Å². The largest absolute Gasteiger partial charge is 0.352 e. The molecule has 5 heteroatoms. The average Bonchev–Trinajstić information content (AvgIpc) is 2.94. The highest BCUT2D eigenvalue weighted by Crippen LogP contribution is 2.22. The number of nitrogens with zero attached hydrogens (tertiary/aromatic N) is 1. The zero-order valence-electron chi connectivity index (χ0n) is 13.2. The van der Waals surface area contributed by atoms with Gasteiger partial charge in [-0.2, -0.15) is 0 Å². The number of fused-ring (bicyclic) bond motifs is 1. The molecule has 1 aromatic carbocycles. The standard InChI is InChI=1S/C17H25N3OS/c1-2-3-7-13(12-18)19-16(21)10-6-11-17-20-14-8-4-5-9-15(14)22-17/h4-5,8-9,13H,2-3,6-7,10-12,18H2,1H3,(H,19,21). The first-order valence-corrected chi connectivity index (χ1v) is 8.88. The number of unbranched alkanes of at least 4 members (excludes halogenated alkanes) is 1. The lowest BCUT2D eigenvalue weighted by atomic mass is 10.1. The predicted molar refractivity (Wildman–Crippen MR) is 93.1 cm³/mol. The molecule has 1 aromatic heterocycles. The van der Waals surface area contributed by atoms with Crippen molar-refractivity contribution in [2.45, 2.75) is 51.5 Å². The highest BCUT2D eigenvalue weighted by Gasteiger charge is 2.10. The maximum atomic E-state index is 12.0. The lowest BCUT2D eigenvalue weighted by Crippen LogP contribution is -2.40. The molecule has 2 rings (SSSR count). The van der Waals surface area contributed by atoms with Crippen LogP contribution in [-0.4, -0.2) is 23.5 Å². The molecule has 3 N–H and O–H groups in total. The maximum absolute atomic E-state index is 12.0. The zero-order chi connectivity index (χ0) is 15.8. The third-order valence-corrected chi connectivity index (χ3v) is 4.78. The third-order valence-electron chi connectivity index (χ3n) is 3.69. The molecule has 0 aliphatic heterocycles. The van der Waals surface area contributed by atoms with Crippen molar-refractivity contribution in [2.75, 3.05) is 6.54 Å². The summed E-state index contributed by atoms with van der Waals surface area (Å²) in [6.07, 6.45) is 5.43. The van der Waals surface area contributed by atoms with E-state index in [1.165, 1.54) is 4.70 Å². The highest BCUT2D eigenvalue weighted by molar-refractivity contribution is 7.18. The van der Waals surface area contributed by atoms with E-state index >= 15 is 0 Å². The summed E-state index contributed by atoms with van der Waals surface area (Å²) in [6, 6.07) is 8.27. The van der Waals surface area contributed by atoms with E-state index in [9.17, 15) is 4.79 Å². The summed E-state index contributed by atoms with van der Waals surface area (Å²) in [7, 11) is 0. The SMILES string of the molecule is CCCCC(CN)NC(=O)CCCc1nc2ccccc2s1.